The van der Waals surface area contributed by atoms with Gasteiger partial charge in [0.2, 0.25) is 0 Å². The van der Waals surface area contributed by atoms with Crippen molar-refractivity contribution in [1.29, 1.82) is 0 Å². The minimum absolute atomic E-state index is 0.647. The Bertz CT molecular complexity index is 350. The number of fused-ring (bicyclic) bond motifs is 1. The molecule has 2 N–H and O–H groups in total. The number of benzene rings is 1. The van der Waals surface area contributed by atoms with Gasteiger partial charge in [0.25, 0.3) is 0 Å². The van der Waals surface area contributed by atoms with Crippen molar-refractivity contribution in [3.63, 3.8) is 0 Å². The van der Waals surface area contributed by atoms with Gasteiger partial charge in [0.15, 0.2) is 11.5 Å². The molecule has 3 nitrogen and oxygen atoms in total. The van der Waals surface area contributed by atoms with Crippen molar-refractivity contribution in [3.8, 4) is 11.5 Å². The Morgan fingerprint density at radius 1 is 1.27 bits per heavy atom. The molecular weight excluding hydrogens is 190 g/mol. The van der Waals surface area contributed by atoms with Crippen LogP contribution in [0, 0.1) is 6.92 Å². The molecule has 0 saturated carbocycles. The number of aryl methyl sites for hydroxylation is 1. The third kappa shape index (κ3) is 2.07. The van der Waals surface area contributed by atoms with Gasteiger partial charge < -0.3 is 15.2 Å². The number of hydrogen-bond acceptors (Lipinski definition) is 3. The maximum atomic E-state index is 5.62. The summed E-state index contributed by atoms with van der Waals surface area (Å²) in [4.78, 5) is 0. The third-order valence-corrected chi connectivity index (χ3v) is 2.72. The van der Waals surface area contributed by atoms with Crippen molar-refractivity contribution in [2.24, 2.45) is 5.73 Å². The van der Waals surface area contributed by atoms with E-state index >= 15 is 0 Å². The smallest absolute Gasteiger partial charge is 0.164 e. The van der Waals surface area contributed by atoms with E-state index in [0.29, 0.717) is 13.2 Å². The van der Waals surface area contributed by atoms with Gasteiger partial charge in [0.1, 0.15) is 13.2 Å². The van der Waals surface area contributed by atoms with Gasteiger partial charge in [-0.05, 0) is 43.5 Å². The summed E-state index contributed by atoms with van der Waals surface area (Å²) in [6.45, 7) is 4.11. The molecule has 1 heterocycles. The predicted octanol–water partition coefficient (Wildman–Crippen LogP) is 1.66. The van der Waals surface area contributed by atoms with Gasteiger partial charge in [-0.15, -0.1) is 0 Å². The fourth-order valence-corrected chi connectivity index (χ4v) is 1.86. The molecule has 1 aromatic rings. The normalized spacial score (nSPS) is 14.0. The Morgan fingerprint density at radius 2 is 2.07 bits per heavy atom. The van der Waals surface area contributed by atoms with Gasteiger partial charge in [0, 0.05) is 0 Å². The first kappa shape index (κ1) is 10.3. The molecule has 1 aromatic carbocycles. The molecule has 2 rings (SSSR count). The molecule has 0 fully saturated rings. The van der Waals surface area contributed by atoms with Crippen LogP contribution in [0.1, 0.15) is 17.5 Å². The van der Waals surface area contributed by atoms with Crippen LogP contribution < -0.4 is 15.2 Å². The average molecular weight is 207 g/mol. The van der Waals surface area contributed by atoms with E-state index in [0.717, 1.165) is 30.9 Å². The van der Waals surface area contributed by atoms with E-state index in [9.17, 15) is 0 Å². The molecule has 1 aliphatic heterocycles. The summed E-state index contributed by atoms with van der Waals surface area (Å²) in [6.07, 6.45) is 2.03. The lowest BCUT2D eigenvalue weighted by atomic mass is 10.0. The lowest BCUT2D eigenvalue weighted by Crippen LogP contribution is -2.16. The highest BCUT2D eigenvalue weighted by atomic mass is 16.6. The monoisotopic (exact) mass is 207 g/mol. The first-order valence-corrected chi connectivity index (χ1v) is 5.41. The molecule has 15 heavy (non-hydrogen) atoms. The Kier molecular flexibility index (Phi) is 3.11. The van der Waals surface area contributed by atoms with Gasteiger partial charge >= 0.3 is 0 Å². The molecule has 0 aliphatic carbocycles. The fraction of sp³-hybridized carbons (Fsp3) is 0.500. The van der Waals surface area contributed by atoms with Crippen molar-refractivity contribution in [2.45, 2.75) is 19.8 Å². The summed E-state index contributed by atoms with van der Waals surface area (Å²) < 4.78 is 11.1. The zero-order chi connectivity index (χ0) is 10.7. The minimum Gasteiger partial charge on any atom is -0.486 e. The van der Waals surface area contributed by atoms with E-state index < -0.39 is 0 Å². The van der Waals surface area contributed by atoms with Crippen LogP contribution in [0.15, 0.2) is 12.1 Å². The quantitative estimate of drug-likeness (QED) is 0.819. The zero-order valence-electron chi connectivity index (χ0n) is 9.08. The number of ether oxygens (including phenoxy) is 2. The van der Waals surface area contributed by atoms with Crippen LogP contribution in [0.25, 0.3) is 0 Å². The van der Waals surface area contributed by atoms with Gasteiger partial charge in [-0.3, -0.25) is 0 Å². The SMILES string of the molecule is Cc1c(CCCN)ccc2c1OCCO2. The Hall–Kier alpha value is -1.22. The highest BCUT2D eigenvalue weighted by Crippen LogP contribution is 2.35. The van der Waals surface area contributed by atoms with E-state index in [1.54, 1.807) is 0 Å². The number of hydrogen-bond donors (Lipinski definition) is 1. The van der Waals surface area contributed by atoms with Gasteiger partial charge in [-0.25, -0.2) is 0 Å². The molecule has 0 bridgehead atoms. The first-order chi connectivity index (χ1) is 7.33. The molecule has 1 aliphatic rings. The second kappa shape index (κ2) is 4.53. The Morgan fingerprint density at radius 3 is 2.87 bits per heavy atom. The van der Waals surface area contributed by atoms with Crippen LogP contribution in [0.2, 0.25) is 0 Å². The zero-order valence-corrected chi connectivity index (χ0v) is 9.08. The fourth-order valence-electron chi connectivity index (χ4n) is 1.86. The van der Waals surface area contributed by atoms with Gasteiger partial charge in [-0.1, -0.05) is 6.07 Å². The van der Waals surface area contributed by atoms with E-state index in [1.165, 1.54) is 11.1 Å². The Balaban J connectivity index is 2.26. The van der Waals surface area contributed by atoms with Crippen molar-refractivity contribution < 1.29 is 9.47 Å². The summed E-state index contributed by atoms with van der Waals surface area (Å²) in [5.41, 5.74) is 8.01. The van der Waals surface area contributed by atoms with Crippen molar-refractivity contribution in [3.05, 3.63) is 23.3 Å². The molecule has 0 radical (unpaired) electrons. The summed E-state index contributed by atoms with van der Waals surface area (Å²) >= 11 is 0. The summed E-state index contributed by atoms with van der Waals surface area (Å²) in [6, 6.07) is 4.10. The van der Waals surface area contributed by atoms with Crippen LogP contribution in [-0.4, -0.2) is 19.8 Å². The van der Waals surface area contributed by atoms with Crippen LogP contribution in [0.3, 0.4) is 0 Å². The average Bonchev–Trinajstić information content (AvgIpc) is 2.29. The summed E-state index contributed by atoms with van der Waals surface area (Å²) in [5, 5.41) is 0. The molecule has 3 heteroatoms. The Labute approximate surface area is 90.2 Å². The van der Waals surface area contributed by atoms with Crippen LogP contribution in [-0.2, 0) is 6.42 Å². The third-order valence-electron chi connectivity index (χ3n) is 2.72. The lowest BCUT2D eigenvalue weighted by Gasteiger charge is -2.21. The van der Waals surface area contributed by atoms with Gasteiger partial charge in [0.05, 0.1) is 0 Å². The topological polar surface area (TPSA) is 44.5 Å². The van der Waals surface area contributed by atoms with Crippen LogP contribution in [0.4, 0.5) is 0 Å². The number of rotatable bonds is 3. The maximum absolute atomic E-state index is 5.62. The van der Waals surface area contributed by atoms with Crippen LogP contribution >= 0.6 is 0 Å². The van der Waals surface area contributed by atoms with E-state index in [4.69, 9.17) is 15.2 Å². The van der Waals surface area contributed by atoms with Crippen molar-refractivity contribution >= 4 is 0 Å². The largest absolute Gasteiger partial charge is 0.486 e. The highest BCUT2D eigenvalue weighted by Gasteiger charge is 2.15. The molecule has 0 atom stereocenters. The molecule has 0 saturated heterocycles. The molecule has 0 aromatic heterocycles. The minimum atomic E-state index is 0.647. The summed E-state index contributed by atoms with van der Waals surface area (Å²) in [7, 11) is 0. The van der Waals surface area contributed by atoms with Gasteiger partial charge in [-0.2, -0.15) is 0 Å². The molecular formula is C12H17NO2. The van der Waals surface area contributed by atoms with E-state index in [2.05, 4.69) is 13.0 Å². The number of nitrogens with two attached hydrogens (primary N) is 1. The van der Waals surface area contributed by atoms with E-state index in [1.807, 2.05) is 6.07 Å². The lowest BCUT2D eigenvalue weighted by molar-refractivity contribution is 0.170. The molecule has 0 unspecified atom stereocenters. The second-order valence-electron chi connectivity index (χ2n) is 3.77. The summed E-state index contributed by atoms with van der Waals surface area (Å²) in [5.74, 6) is 1.78. The van der Waals surface area contributed by atoms with Crippen molar-refractivity contribution in [2.75, 3.05) is 19.8 Å². The van der Waals surface area contributed by atoms with E-state index in [-0.39, 0.29) is 0 Å². The van der Waals surface area contributed by atoms with Crippen molar-refractivity contribution in [1.82, 2.24) is 0 Å². The highest BCUT2D eigenvalue weighted by molar-refractivity contribution is 5.50. The molecule has 82 valence electrons. The standard InChI is InChI=1S/C12H17NO2/c1-9-10(3-2-6-13)4-5-11-12(9)15-8-7-14-11/h4-5H,2-3,6-8,13H2,1H3. The molecule has 0 spiro atoms. The van der Waals surface area contributed by atoms with Crippen LogP contribution in [0.5, 0.6) is 11.5 Å². The maximum Gasteiger partial charge on any atom is 0.164 e. The predicted molar refractivity (Wildman–Crippen MR) is 59.5 cm³/mol. The second-order valence-corrected chi connectivity index (χ2v) is 3.77. The first-order valence-electron chi connectivity index (χ1n) is 5.41. The molecule has 0 amide bonds.